The summed E-state index contributed by atoms with van der Waals surface area (Å²) < 4.78 is 7.39. The molecule has 6 heteroatoms. The van der Waals surface area contributed by atoms with E-state index in [1.807, 2.05) is 23.1 Å². The van der Waals surface area contributed by atoms with Crippen molar-refractivity contribution in [3.8, 4) is 0 Å². The fraction of sp³-hybridized carbons (Fsp3) is 0.550. The van der Waals surface area contributed by atoms with Gasteiger partial charge in [-0.3, -0.25) is 14.5 Å². The minimum atomic E-state index is -0.333. The number of aliphatic hydroxyl groups excluding tert-OH is 1. The Morgan fingerprint density at radius 1 is 1.04 bits per heavy atom. The van der Waals surface area contributed by atoms with Gasteiger partial charge < -0.3 is 9.84 Å². The molecule has 0 bridgehead atoms. The monoisotopic (exact) mass is 356 g/mol. The zero-order valence-corrected chi connectivity index (χ0v) is 15.2. The molecule has 1 aromatic heterocycles. The highest BCUT2D eigenvalue weighted by atomic mass is 16.5. The molecule has 3 heterocycles. The van der Waals surface area contributed by atoms with E-state index in [2.05, 4.69) is 39.2 Å². The van der Waals surface area contributed by atoms with E-state index in [4.69, 9.17) is 4.74 Å². The number of aromatic nitrogens is 2. The van der Waals surface area contributed by atoms with Crippen molar-refractivity contribution in [2.24, 2.45) is 0 Å². The largest absolute Gasteiger partial charge is 0.389 e. The lowest BCUT2D eigenvalue weighted by atomic mass is 10.1. The van der Waals surface area contributed by atoms with Crippen LogP contribution in [0.4, 0.5) is 0 Å². The molecule has 1 aromatic carbocycles. The Balaban J connectivity index is 1.34. The summed E-state index contributed by atoms with van der Waals surface area (Å²) in [6.45, 7) is 7.11. The van der Waals surface area contributed by atoms with Crippen LogP contribution < -0.4 is 0 Å². The van der Waals surface area contributed by atoms with Gasteiger partial charge in [-0.25, -0.2) is 0 Å². The summed E-state index contributed by atoms with van der Waals surface area (Å²) in [6.07, 6.45) is 4.62. The Morgan fingerprint density at radius 3 is 2.69 bits per heavy atom. The van der Waals surface area contributed by atoms with Crippen LogP contribution >= 0.6 is 0 Å². The Labute approximate surface area is 155 Å². The molecule has 0 saturated carbocycles. The maximum absolute atomic E-state index is 10.1. The van der Waals surface area contributed by atoms with Gasteiger partial charge >= 0.3 is 0 Å². The summed E-state index contributed by atoms with van der Waals surface area (Å²) in [5.74, 6) is 0. The van der Waals surface area contributed by atoms with Crippen molar-refractivity contribution in [3.05, 3.63) is 53.9 Å². The molecule has 2 aliphatic heterocycles. The van der Waals surface area contributed by atoms with Crippen LogP contribution in [0.25, 0.3) is 0 Å². The van der Waals surface area contributed by atoms with Crippen molar-refractivity contribution in [1.82, 2.24) is 19.6 Å². The van der Waals surface area contributed by atoms with Gasteiger partial charge in [-0.05, 0) is 36.7 Å². The first-order chi connectivity index (χ1) is 12.8. The van der Waals surface area contributed by atoms with E-state index in [1.165, 1.54) is 11.1 Å². The molecule has 0 radical (unpaired) electrons. The van der Waals surface area contributed by atoms with Crippen LogP contribution in [0.2, 0.25) is 0 Å². The maximum Gasteiger partial charge on any atom is 0.0950 e. The van der Waals surface area contributed by atoms with Gasteiger partial charge in [0.05, 0.1) is 31.9 Å². The van der Waals surface area contributed by atoms with Crippen molar-refractivity contribution in [2.45, 2.75) is 31.7 Å². The SMILES string of the molecule is O[C@@H]1COC[C@H]1N1CCCN(Cc2cccc(Cn3cccn3)c2)CC1. The predicted octanol–water partition coefficient (Wildman–Crippen LogP) is 1.20. The smallest absolute Gasteiger partial charge is 0.0950 e. The van der Waals surface area contributed by atoms with Gasteiger partial charge in [-0.2, -0.15) is 5.10 Å². The summed E-state index contributed by atoms with van der Waals surface area (Å²) in [7, 11) is 0. The highest BCUT2D eigenvalue weighted by Crippen LogP contribution is 2.17. The van der Waals surface area contributed by atoms with E-state index >= 15 is 0 Å². The number of hydrogen-bond donors (Lipinski definition) is 1. The predicted molar refractivity (Wildman–Crippen MR) is 99.9 cm³/mol. The van der Waals surface area contributed by atoms with Gasteiger partial charge in [0.2, 0.25) is 0 Å². The molecular formula is C20H28N4O2. The third-order valence-corrected chi connectivity index (χ3v) is 5.41. The molecule has 2 fully saturated rings. The van der Waals surface area contributed by atoms with Gasteiger partial charge in [0.1, 0.15) is 0 Å². The molecule has 1 N–H and O–H groups in total. The molecule has 2 aliphatic rings. The van der Waals surface area contributed by atoms with E-state index in [0.717, 1.165) is 45.7 Å². The Hall–Kier alpha value is -1.73. The lowest BCUT2D eigenvalue weighted by molar-refractivity contribution is 0.0837. The van der Waals surface area contributed by atoms with Crippen LogP contribution in [0.15, 0.2) is 42.7 Å². The third-order valence-electron chi connectivity index (χ3n) is 5.41. The highest BCUT2D eigenvalue weighted by molar-refractivity contribution is 5.23. The van der Waals surface area contributed by atoms with E-state index < -0.39 is 0 Å². The van der Waals surface area contributed by atoms with Gasteiger partial charge in [-0.15, -0.1) is 0 Å². The van der Waals surface area contributed by atoms with E-state index in [1.54, 1.807) is 0 Å². The number of nitrogens with zero attached hydrogens (tertiary/aromatic N) is 4. The van der Waals surface area contributed by atoms with E-state index in [-0.39, 0.29) is 12.1 Å². The molecule has 26 heavy (non-hydrogen) atoms. The molecule has 2 saturated heterocycles. The lowest BCUT2D eigenvalue weighted by Crippen LogP contribution is -2.44. The molecule has 0 unspecified atom stereocenters. The molecular weight excluding hydrogens is 328 g/mol. The standard InChI is InChI=1S/C20H28N4O2/c25-20-16-26-15-19(20)23-8-3-7-22(10-11-23)13-17-4-1-5-18(12-17)14-24-9-2-6-21-24/h1-2,4-6,9,12,19-20,25H,3,7-8,10-11,13-16H2/t19-,20-/m1/s1. The molecule has 2 aromatic rings. The van der Waals surface area contributed by atoms with Gasteiger partial charge in [-0.1, -0.05) is 24.3 Å². The first-order valence-electron chi connectivity index (χ1n) is 9.55. The Morgan fingerprint density at radius 2 is 1.92 bits per heavy atom. The second-order valence-electron chi connectivity index (χ2n) is 7.36. The lowest BCUT2D eigenvalue weighted by Gasteiger charge is -2.28. The van der Waals surface area contributed by atoms with Gasteiger partial charge in [0.25, 0.3) is 0 Å². The minimum absolute atomic E-state index is 0.173. The summed E-state index contributed by atoms with van der Waals surface area (Å²) in [6, 6.07) is 10.9. The van der Waals surface area contributed by atoms with Crippen LogP contribution in [0.1, 0.15) is 17.5 Å². The zero-order valence-electron chi connectivity index (χ0n) is 15.2. The van der Waals surface area contributed by atoms with Crippen LogP contribution in [0.3, 0.4) is 0 Å². The molecule has 2 atom stereocenters. The third kappa shape index (κ3) is 4.32. The summed E-state index contributed by atoms with van der Waals surface area (Å²) >= 11 is 0. The zero-order chi connectivity index (χ0) is 17.8. The molecule has 4 rings (SSSR count). The van der Waals surface area contributed by atoms with Crippen LogP contribution in [-0.2, 0) is 17.8 Å². The summed E-state index contributed by atoms with van der Waals surface area (Å²) in [5.41, 5.74) is 2.64. The van der Waals surface area contributed by atoms with Gasteiger partial charge in [0, 0.05) is 32.0 Å². The van der Waals surface area contributed by atoms with Crippen molar-refractivity contribution < 1.29 is 9.84 Å². The number of rotatable bonds is 5. The van der Waals surface area contributed by atoms with Crippen LogP contribution in [-0.4, -0.2) is 76.2 Å². The Kier molecular flexibility index (Phi) is 5.65. The fourth-order valence-corrected chi connectivity index (χ4v) is 4.03. The summed E-state index contributed by atoms with van der Waals surface area (Å²) in [4.78, 5) is 4.93. The first-order valence-corrected chi connectivity index (χ1v) is 9.55. The number of aliphatic hydroxyl groups is 1. The molecule has 0 aliphatic carbocycles. The van der Waals surface area contributed by atoms with Crippen molar-refractivity contribution >= 4 is 0 Å². The number of ether oxygens (including phenoxy) is 1. The average molecular weight is 356 g/mol. The maximum atomic E-state index is 10.1. The van der Waals surface area contributed by atoms with E-state index in [0.29, 0.717) is 13.2 Å². The second kappa shape index (κ2) is 8.31. The minimum Gasteiger partial charge on any atom is -0.389 e. The van der Waals surface area contributed by atoms with Crippen molar-refractivity contribution in [3.63, 3.8) is 0 Å². The normalized spacial score (nSPS) is 25.4. The van der Waals surface area contributed by atoms with E-state index in [9.17, 15) is 5.11 Å². The number of hydrogen-bond acceptors (Lipinski definition) is 5. The molecule has 6 nitrogen and oxygen atoms in total. The van der Waals surface area contributed by atoms with Gasteiger partial charge in [0.15, 0.2) is 0 Å². The van der Waals surface area contributed by atoms with Crippen LogP contribution in [0, 0.1) is 0 Å². The van der Waals surface area contributed by atoms with Crippen molar-refractivity contribution in [1.29, 1.82) is 0 Å². The summed E-state index contributed by atoms with van der Waals surface area (Å²) in [5, 5.41) is 14.4. The molecule has 0 amide bonds. The number of benzene rings is 1. The molecule has 0 spiro atoms. The fourth-order valence-electron chi connectivity index (χ4n) is 4.03. The topological polar surface area (TPSA) is 53.8 Å². The molecule has 140 valence electrons. The average Bonchev–Trinajstić information content (AvgIpc) is 3.24. The Bertz CT molecular complexity index is 691. The highest BCUT2D eigenvalue weighted by Gasteiger charge is 2.32. The second-order valence-corrected chi connectivity index (χ2v) is 7.36. The first kappa shape index (κ1) is 17.7. The quantitative estimate of drug-likeness (QED) is 0.872. The van der Waals surface area contributed by atoms with Crippen molar-refractivity contribution in [2.75, 3.05) is 39.4 Å². The van der Waals surface area contributed by atoms with Crippen LogP contribution in [0.5, 0.6) is 0 Å².